The van der Waals surface area contributed by atoms with Gasteiger partial charge in [-0.05, 0) is 36.8 Å². The second-order valence-electron chi connectivity index (χ2n) is 5.37. The van der Waals surface area contributed by atoms with Gasteiger partial charge in [-0.15, -0.1) is 0 Å². The van der Waals surface area contributed by atoms with Crippen LogP contribution >= 0.6 is 0 Å². The predicted octanol–water partition coefficient (Wildman–Crippen LogP) is 2.13. The van der Waals surface area contributed by atoms with Crippen molar-refractivity contribution in [3.05, 3.63) is 24.3 Å². The number of ether oxygens (including phenoxy) is 1. The zero-order valence-corrected chi connectivity index (χ0v) is 10.4. The number of carboxylic acid groups (broad SMARTS) is 1. The van der Waals surface area contributed by atoms with E-state index in [9.17, 15) is 14.3 Å². The lowest BCUT2D eigenvalue weighted by Gasteiger charge is -2.21. The lowest BCUT2D eigenvalue weighted by Crippen LogP contribution is -2.38. The highest BCUT2D eigenvalue weighted by Crippen LogP contribution is 2.54. The molecule has 1 amide bonds. The van der Waals surface area contributed by atoms with Gasteiger partial charge in [-0.3, -0.25) is 0 Å². The third-order valence-corrected chi connectivity index (χ3v) is 3.97. The van der Waals surface area contributed by atoms with Crippen LogP contribution in [0.15, 0.2) is 18.3 Å². The first-order chi connectivity index (χ1) is 9.10. The maximum absolute atomic E-state index is 13.3. The highest BCUT2D eigenvalue weighted by molar-refractivity contribution is 5.66. The van der Waals surface area contributed by atoms with Crippen LogP contribution in [-0.2, 0) is 0 Å². The first-order valence-corrected chi connectivity index (χ1v) is 6.33. The summed E-state index contributed by atoms with van der Waals surface area (Å²) in [4.78, 5) is 16.1. The summed E-state index contributed by atoms with van der Waals surface area (Å²) in [5.41, 5.74) is 0.167. The molecule has 1 N–H and O–H groups in total. The molecule has 1 saturated carbocycles. The van der Waals surface area contributed by atoms with Crippen molar-refractivity contribution in [2.75, 3.05) is 13.2 Å². The molecule has 1 aliphatic carbocycles. The number of pyridine rings is 1. The molecule has 0 aromatic carbocycles. The molecule has 19 heavy (non-hydrogen) atoms. The number of rotatable bonds is 3. The van der Waals surface area contributed by atoms with Crippen LogP contribution in [-0.4, -0.2) is 40.3 Å². The zero-order valence-electron chi connectivity index (χ0n) is 10.4. The number of nitrogens with zero attached hydrogens (tertiary/aromatic N) is 2. The van der Waals surface area contributed by atoms with Crippen LogP contribution < -0.4 is 4.74 Å². The van der Waals surface area contributed by atoms with Crippen LogP contribution in [0.3, 0.4) is 0 Å². The summed E-state index contributed by atoms with van der Waals surface area (Å²) in [5, 5.41) is 9.18. The maximum atomic E-state index is 13.3. The standard InChI is InChI=1S/C13H15FN2O3/c14-11-10(2-1-5-15-11)19-7-9-6-13(3-4-13)8-16(9)12(17)18/h1-2,5,9H,3-4,6-8H2,(H,17,18). The third kappa shape index (κ3) is 2.34. The minimum atomic E-state index is -0.927. The second-order valence-corrected chi connectivity index (χ2v) is 5.37. The largest absolute Gasteiger partial charge is 0.487 e. The number of hydrogen-bond acceptors (Lipinski definition) is 3. The summed E-state index contributed by atoms with van der Waals surface area (Å²) >= 11 is 0. The number of amides is 1. The third-order valence-electron chi connectivity index (χ3n) is 3.97. The summed E-state index contributed by atoms with van der Waals surface area (Å²) in [6.07, 6.45) is 3.38. The van der Waals surface area contributed by atoms with Gasteiger partial charge in [0.05, 0.1) is 6.04 Å². The fourth-order valence-corrected chi connectivity index (χ4v) is 2.74. The van der Waals surface area contributed by atoms with Gasteiger partial charge in [0, 0.05) is 12.7 Å². The number of aromatic nitrogens is 1. The first-order valence-electron chi connectivity index (χ1n) is 6.33. The van der Waals surface area contributed by atoms with E-state index in [1.54, 1.807) is 6.07 Å². The van der Waals surface area contributed by atoms with Crippen LogP contribution in [0.25, 0.3) is 0 Å². The van der Waals surface area contributed by atoms with Crippen molar-refractivity contribution in [3.63, 3.8) is 0 Å². The predicted molar refractivity (Wildman–Crippen MR) is 64.5 cm³/mol. The van der Waals surface area contributed by atoms with Crippen LogP contribution in [0.4, 0.5) is 9.18 Å². The van der Waals surface area contributed by atoms with Crippen LogP contribution in [0.5, 0.6) is 5.75 Å². The van der Waals surface area contributed by atoms with Gasteiger partial charge in [0.15, 0.2) is 5.75 Å². The van der Waals surface area contributed by atoms with Gasteiger partial charge in [0.2, 0.25) is 0 Å². The van der Waals surface area contributed by atoms with Crippen molar-refractivity contribution in [1.29, 1.82) is 0 Å². The summed E-state index contributed by atoms with van der Waals surface area (Å²) < 4.78 is 18.7. The van der Waals surface area contributed by atoms with E-state index in [1.165, 1.54) is 17.2 Å². The Hall–Kier alpha value is -1.85. The quantitative estimate of drug-likeness (QED) is 0.851. The molecule has 0 bridgehead atoms. The van der Waals surface area contributed by atoms with Crippen LogP contribution in [0.2, 0.25) is 0 Å². The molecule has 102 valence electrons. The van der Waals surface area contributed by atoms with Gasteiger partial charge in [0.25, 0.3) is 5.95 Å². The minimum absolute atomic E-state index is 0.0737. The molecule has 0 radical (unpaired) electrons. The Kier molecular flexibility index (Phi) is 2.80. The average molecular weight is 266 g/mol. The molecule has 1 saturated heterocycles. The number of likely N-dealkylation sites (tertiary alicyclic amines) is 1. The van der Waals surface area contributed by atoms with Gasteiger partial charge in [-0.1, -0.05) is 0 Å². The SMILES string of the molecule is O=C(O)N1CC2(CC2)CC1COc1cccnc1F. The molecule has 2 aliphatic rings. The van der Waals surface area contributed by atoms with E-state index in [0.717, 1.165) is 19.3 Å². The molecule has 1 unspecified atom stereocenters. The smallest absolute Gasteiger partial charge is 0.407 e. The van der Waals surface area contributed by atoms with Crippen molar-refractivity contribution < 1.29 is 19.0 Å². The van der Waals surface area contributed by atoms with Gasteiger partial charge in [-0.25, -0.2) is 9.78 Å². The normalized spacial score (nSPS) is 23.6. The lowest BCUT2D eigenvalue weighted by atomic mass is 10.0. The van der Waals surface area contributed by atoms with Crippen molar-refractivity contribution >= 4 is 6.09 Å². The van der Waals surface area contributed by atoms with E-state index in [-0.39, 0.29) is 23.8 Å². The Labute approximate surface area is 110 Å². The van der Waals surface area contributed by atoms with Crippen molar-refractivity contribution in [2.45, 2.75) is 25.3 Å². The second kappa shape index (κ2) is 4.36. The molecule has 1 aromatic heterocycles. The summed E-state index contributed by atoms with van der Waals surface area (Å²) in [6.45, 7) is 0.753. The van der Waals surface area contributed by atoms with Gasteiger partial charge < -0.3 is 14.7 Å². The molecule has 1 spiro atoms. The number of hydrogen-bond donors (Lipinski definition) is 1. The molecule has 2 fully saturated rings. The molecule has 2 heterocycles. The van der Waals surface area contributed by atoms with E-state index >= 15 is 0 Å². The lowest BCUT2D eigenvalue weighted by molar-refractivity contribution is 0.121. The highest BCUT2D eigenvalue weighted by Gasteiger charge is 2.53. The molecule has 5 nitrogen and oxygen atoms in total. The Morgan fingerprint density at radius 2 is 2.42 bits per heavy atom. The van der Waals surface area contributed by atoms with Crippen molar-refractivity contribution in [2.24, 2.45) is 5.41 Å². The van der Waals surface area contributed by atoms with E-state index in [0.29, 0.717) is 6.54 Å². The molecular formula is C13H15FN2O3. The van der Waals surface area contributed by atoms with Crippen molar-refractivity contribution in [1.82, 2.24) is 9.88 Å². The van der Waals surface area contributed by atoms with E-state index in [1.807, 2.05) is 0 Å². The molecule has 1 aliphatic heterocycles. The topological polar surface area (TPSA) is 62.7 Å². The van der Waals surface area contributed by atoms with Crippen LogP contribution in [0.1, 0.15) is 19.3 Å². The monoisotopic (exact) mass is 266 g/mol. The Bertz CT molecular complexity index is 504. The molecular weight excluding hydrogens is 251 g/mol. The maximum Gasteiger partial charge on any atom is 0.407 e. The average Bonchev–Trinajstić information content (AvgIpc) is 3.01. The fourth-order valence-electron chi connectivity index (χ4n) is 2.74. The summed E-state index contributed by atoms with van der Waals surface area (Å²) in [5.74, 6) is -0.590. The van der Waals surface area contributed by atoms with E-state index in [4.69, 9.17) is 4.74 Å². The van der Waals surface area contributed by atoms with Gasteiger partial charge >= 0.3 is 6.09 Å². The Balaban J connectivity index is 1.66. The fraction of sp³-hybridized carbons (Fsp3) is 0.538. The zero-order chi connectivity index (χ0) is 13.5. The number of halogens is 1. The van der Waals surface area contributed by atoms with Crippen LogP contribution in [0, 0.1) is 11.4 Å². The highest BCUT2D eigenvalue weighted by atomic mass is 19.1. The molecule has 1 aromatic rings. The Morgan fingerprint density at radius 3 is 3.05 bits per heavy atom. The minimum Gasteiger partial charge on any atom is -0.487 e. The summed E-state index contributed by atoms with van der Waals surface area (Å²) in [6, 6.07) is 2.89. The molecule has 3 rings (SSSR count). The Morgan fingerprint density at radius 1 is 1.63 bits per heavy atom. The van der Waals surface area contributed by atoms with Gasteiger partial charge in [0.1, 0.15) is 6.61 Å². The number of carbonyl (C=O) groups is 1. The van der Waals surface area contributed by atoms with E-state index < -0.39 is 12.0 Å². The first kappa shape index (κ1) is 12.2. The van der Waals surface area contributed by atoms with Gasteiger partial charge in [-0.2, -0.15) is 4.39 Å². The van der Waals surface area contributed by atoms with E-state index in [2.05, 4.69) is 4.98 Å². The molecule has 1 atom stereocenters. The summed E-state index contributed by atoms with van der Waals surface area (Å²) in [7, 11) is 0. The van der Waals surface area contributed by atoms with Crippen molar-refractivity contribution in [3.8, 4) is 5.75 Å². The molecule has 6 heteroatoms.